The van der Waals surface area contributed by atoms with E-state index in [0.29, 0.717) is 18.7 Å². The molecule has 0 fully saturated rings. The number of carboxylic acid groups (broad SMARTS) is 1. The number of hydrogen-bond donors (Lipinski definition) is 2. The summed E-state index contributed by atoms with van der Waals surface area (Å²) in [5.74, 6) is -0.215. The van der Waals surface area contributed by atoms with E-state index in [1.165, 1.54) is 11.3 Å². The summed E-state index contributed by atoms with van der Waals surface area (Å²) in [6.07, 6.45) is 2.34. The topological polar surface area (TPSA) is 88.5 Å². The number of carboxylic acids is 1. The van der Waals surface area contributed by atoms with Crippen LogP contribution in [0.25, 0.3) is 10.6 Å². The summed E-state index contributed by atoms with van der Waals surface area (Å²) in [4.78, 5) is 26.8. The molecule has 6 nitrogen and oxygen atoms in total. The zero-order valence-corrected chi connectivity index (χ0v) is 14.3. The quantitative estimate of drug-likeness (QED) is 0.679. The molecule has 0 aliphatic carbocycles. The molecular formula is C17H20N2O4S. The number of carbonyl (C=O) groups is 2. The zero-order chi connectivity index (χ0) is 17.4. The first kappa shape index (κ1) is 17.9. The van der Waals surface area contributed by atoms with Crippen molar-refractivity contribution >= 4 is 23.2 Å². The second kappa shape index (κ2) is 9.02. The number of ether oxygens (including phenoxy) is 1. The molecule has 0 saturated heterocycles. The smallest absolute Gasteiger partial charge is 0.303 e. The first-order chi connectivity index (χ1) is 11.6. The van der Waals surface area contributed by atoms with Gasteiger partial charge in [-0.15, -0.1) is 11.3 Å². The van der Waals surface area contributed by atoms with Gasteiger partial charge in [-0.3, -0.25) is 9.59 Å². The molecular weight excluding hydrogens is 328 g/mol. The van der Waals surface area contributed by atoms with E-state index in [1.54, 1.807) is 12.5 Å². The molecule has 0 aliphatic rings. The van der Waals surface area contributed by atoms with Crippen molar-refractivity contribution in [1.82, 2.24) is 10.3 Å². The van der Waals surface area contributed by atoms with Gasteiger partial charge in [0.05, 0.1) is 7.11 Å². The minimum Gasteiger partial charge on any atom is -0.497 e. The van der Waals surface area contributed by atoms with Crippen LogP contribution < -0.4 is 10.1 Å². The molecule has 0 unspecified atom stereocenters. The Labute approximate surface area is 144 Å². The Hall–Kier alpha value is -2.41. The highest BCUT2D eigenvalue weighted by Gasteiger charge is 2.11. The molecule has 2 N–H and O–H groups in total. The Morgan fingerprint density at radius 2 is 1.96 bits per heavy atom. The van der Waals surface area contributed by atoms with Crippen molar-refractivity contribution in [2.24, 2.45) is 0 Å². The Morgan fingerprint density at radius 1 is 1.21 bits per heavy atom. The predicted octanol–water partition coefficient (Wildman–Crippen LogP) is 3.19. The fraction of sp³-hybridized carbons (Fsp3) is 0.353. The van der Waals surface area contributed by atoms with E-state index < -0.39 is 5.97 Å². The number of rotatable bonds is 9. The molecule has 2 rings (SSSR count). The number of nitrogens with zero attached hydrogens (tertiary/aromatic N) is 1. The van der Waals surface area contributed by atoms with Crippen molar-refractivity contribution in [2.75, 3.05) is 13.7 Å². The summed E-state index contributed by atoms with van der Waals surface area (Å²) in [7, 11) is 1.61. The number of aliphatic carboxylic acids is 1. The fourth-order valence-electron chi connectivity index (χ4n) is 2.11. The Kier molecular flexibility index (Phi) is 6.74. The van der Waals surface area contributed by atoms with Crippen molar-refractivity contribution in [1.29, 1.82) is 0 Å². The lowest BCUT2D eigenvalue weighted by Gasteiger charge is -2.03. The highest BCUT2D eigenvalue weighted by molar-refractivity contribution is 7.13. The number of carbonyl (C=O) groups excluding carboxylic acids is 1. The summed E-state index contributed by atoms with van der Waals surface area (Å²) in [6, 6.07) is 7.52. The molecule has 0 radical (unpaired) electrons. The molecule has 7 heteroatoms. The third kappa shape index (κ3) is 5.34. The molecule has 1 aromatic heterocycles. The van der Waals surface area contributed by atoms with Gasteiger partial charge in [-0.1, -0.05) is 6.42 Å². The van der Waals surface area contributed by atoms with Crippen molar-refractivity contribution in [3.63, 3.8) is 0 Å². The zero-order valence-electron chi connectivity index (χ0n) is 13.4. The summed E-state index contributed by atoms with van der Waals surface area (Å²) in [5.41, 5.74) is 1.34. The second-order valence-electron chi connectivity index (χ2n) is 5.23. The minimum absolute atomic E-state index is 0.172. The van der Waals surface area contributed by atoms with Gasteiger partial charge in [-0.2, -0.15) is 0 Å². The van der Waals surface area contributed by atoms with Crippen LogP contribution in [0.4, 0.5) is 0 Å². The highest BCUT2D eigenvalue weighted by Crippen LogP contribution is 2.25. The van der Waals surface area contributed by atoms with Gasteiger partial charge in [0.25, 0.3) is 5.91 Å². The third-order valence-corrected chi connectivity index (χ3v) is 4.32. The normalized spacial score (nSPS) is 10.4. The second-order valence-corrected chi connectivity index (χ2v) is 6.08. The van der Waals surface area contributed by atoms with Crippen LogP contribution in [0.15, 0.2) is 29.6 Å². The number of thiazole rings is 1. The lowest BCUT2D eigenvalue weighted by Crippen LogP contribution is -2.24. The first-order valence-electron chi connectivity index (χ1n) is 7.70. The average Bonchev–Trinajstić information content (AvgIpc) is 3.07. The number of methoxy groups -OCH3 is 1. The maximum absolute atomic E-state index is 12.0. The van der Waals surface area contributed by atoms with Crippen LogP contribution in [0.5, 0.6) is 5.75 Å². The predicted molar refractivity (Wildman–Crippen MR) is 92.5 cm³/mol. The molecule has 0 aliphatic heterocycles. The average molecular weight is 348 g/mol. The van der Waals surface area contributed by atoms with Crippen LogP contribution in [-0.4, -0.2) is 35.6 Å². The van der Waals surface area contributed by atoms with Crippen LogP contribution in [0.3, 0.4) is 0 Å². The maximum Gasteiger partial charge on any atom is 0.303 e. The summed E-state index contributed by atoms with van der Waals surface area (Å²) in [5, 5.41) is 13.9. The lowest BCUT2D eigenvalue weighted by molar-refractivity contribution is -0.137. The van der Waals surface area contributed by atoms with Crippen molar-refractivity contribution in [3.05, 3.63) is 35.3 Å². The Morgan fingerprint density at radius 3 is 2.62 bits per heavy atom. The van der Waals surface area contributed by atoms with Gasteiger partial charge in [0, 0.05) is 23.9 Å². The highest BCUT2D eigenvalue weighted by atomic mass is 32.1. The Balaban J connectivity index is 1.81. The van der Waals surface area contributed by atoms with Gasteiger partial charge in [0.2, 0.25) is 0 Å². The number of hydrogen-bond acceptors (Lipinski definition) is 5. The monoisotopic (exact) mass is 348 g/mol. The molecule has 2 aromatic rings. The summed E-state index contributed by atoms with van der Waals surface area (Å²) in [6.45, 7) is 0.522. The van der Waals surface area contributed by atoms with E-state index in [0.717, 1.165) is 29.2 Å². The fourth-order valence-corrected chi connectivity index (χ4v) is 2.92. The minimum atomic E-state index is -0.785. The van der Waals surface area contributed by atoms with Gasteiger partial charge in [-0.05, 0) is 37.1 Å². The standard InChI is InChI=1S/C17H20N2O4S/c1-23-13-8-6-12(7-9-13)17-19-14(11-24-17)16(22)18-10-4-2-3-5-15(20)21/h6-9,11H,2-5,10H2,1H3,(H,18,22)(H,20,21). The number of amides is 1. The summed E-state index contributed by atoms with van der Waals surface area (Å²) >= 11 is 1.42. The number of aromatic nitrogens is 1. The first-order valence-corrected chi connectivity index (χ1v) is 8.58. The molecule has 1 amide bonds. The van der Waals surface area contributed by atoms with E-state index in [1.807, 2.05) is 24.3 Å². The number of benzene rings is 1. The molecule has 0 atom stereocenters. The molecule has 0 bridgehead atoms. The SMILES string of the molecule is COc1ccc(-c2nc(C(=O)NCCCCCC(=O)O)cs2)cc1. The number of nitrogens with one attached hydrogen (secondary N) is 1. The van der Waals surface area contributed by atoms with E-state index >= 15 is 0 Å². The molecule has 0 spiro atoms. The van der Waals surface area contributed by atoms with Crippen LogP contribution in [0.1, 0.15) is 36.2 Å². The van der Waals surface area contributed by atoms with Gasteiger partial charge in [0.1, 0.15) is 16.5 Å². The molecule has 128 valence electrons. The van der Waals surface area contributed by atoms with Crippen LogP contribution in [0, 0.1) is 0 Å². The molecule has 0 saturated carbocycles. The van der Waals surface area contributed by atoms with Crippen molar-refractivity contribution in [3.8, 4) is 16.3 Å². The lowest BCUT2D eigenvalue weighted by atomic mass is 10.2. The van der Waals surface area contributed by atoms with Gasteiger partial charge >= 0.3 is 5.97 Å². The van der Waals surface area contributed by atoms with E-state index in [9.17, 15) is 9.59 Å². The molecule has 1 aromatic carbocycles. The summed E-state index contributed by atoms with van der Waals surface area (Å²) < 4.78 is 5.12. The maximum atomic E-state index is 12.0. The van der Waals surface area contributed by atoms with Crippen LogP contribution in [-0.2, 0) is 4.79 Å². The molecule has 1 heterocycles. The van der Waals surface area contributed by atoms with Gasteiger partial charge in [0.15, 0.2) is 0 Å². The van der Waals surface area contributed by atoms with E-state index in [4.69, 9.17) is 9.84 Å². The van der Waals surface area contributed by atoms with Crippen molar-refractivity contribution in [2.45, 2.75) is 25.7 Å². The van der Waals surface area contributed by atoms with E-state index in [-0.39, 0.29) is 12.3 Å². The van der Waals surface area contributed by atoms with Crippen molar-refractivity contribution < 1.29 is 19.4 Å². The number of unbranched alkanes of at least 4 members (excludes halogenated alkanes) is 2. The van der Waals surface area contributed by atoms with E-state index in [2.05, 4.69) is 10.3 Å². The third-order valence-electron chi connectivity index (χ3n) is 3.43. The van der Waals surface area contributed by atoms with Crippen LogP contribution in [0.2, 0.25) is 0 Å². The van der Waals surface area contributed by atoms with Gasteiger partial charge in [-0.25, -0.2) is 4.98 Å². The molecule has 24 heavy (non-hydrogen) atoms. The van der Waals surface area contributed by atoms with Crippen LogP contribution >= 0.6 is 11.3 Å². The largest absolute Gasteiger partial charge is 0.497 e. The Bertz CT molecular complexity index is 682. The van der Waals surface area contributed by atoms with Gasteiger partial charge < -0.3 is 15.2 Å².